The molecule has 0 aliphatic heterocycles. The van der Waals surface area contributed by atoms with Crippen molar-refractivity contribution in [1.29, 1.82) is 0 Å². The quantitative estimate of drug-likeness (QED) is 0.775. The van der Waals surface area contributed by atoms with Gasteiger partial charge in [0.2, 0.25) is 0 Å². The van der Waals surface area contributed by atoms with E-state index in [1.54, 1.807) is 12.1 Å². The maximum absolute atomic E-state index is 12.0. The molecular formula is C12H17F3N2O. The zero-order chi connectivity index (χ0) is 13.6. The SMILES string of the molecule is CC(NCCCN)c1ccc(OC(F)(F)F)cc1. The highest BCUT2D eigenvalue weighted by atomic mass is 19.4. The molecule has 1 unspecified atom stereocenters. The van der Waals surface area contributed by atoms with Crippen molar-refractivity contribution in [2.75, 3.05) is 13.1 Å². The van der Waals surface area contributed by atoms with Crippen LogP contribution in [0.1, 0.15) is 24.9 Å². The number of halogens is 3. The van der Waals surface area contributed by atoms with Crippen LogP contribution in [0.3, 0.4) is 0 Å². The average molecular weight is 262 g/mol. The molecule has 0 heterocycles. The molecule has 3 nitrogen and oxygen atoms in total. The zero-order valence-corrected chi connectivity index (χ0v) is 10.1. The fourth-order valence-electron chi connectivity index (χ4n) is 1.50. The van der Waals surface area contributed by atoms with Crippen LogP contribution in [-0.4, -0.2) is 19.5 Å². The van der Waals surface area contributed by atoms with Gasteiger partial charge < -0.3 is 15.8 Å². The average Bonchev–Trinajstić information content (AvgIpc) is 2.28. The van der Waals surface area contributed by atoms with E-state index in [-0.39, 0.29) is 11.8 Å². The van der Waals surface area contributed by atoms with Crippen LogP contribution < -0.4 is 15.8 Å². The Morgan fingerprint density at radius 2 is 1.89 bits per heavy atom. The summed E-state index contributed by atoms with van der Waals surface area (Å²) in [5.74, 6) is -0.208. The summed E-state index contributed by atoms with van der Waals surface area (Å²) in [6, 6.07) is 5.91. The summed E-state index contributed by atoms with van der Waals surface area (Å²) >= 11 is 0. The molecule has 0 aromatic heterocycles. The van der Waals surface area contributed by atoms with Crippen molar-refractivity contribution in [2.45, 2.75) is 25.7 Å². The molecule has 3 N–H and O–H groups in total. The first-order chi connectivity index (χ1) is 8.42. The van der Waals surface area contributed by atoms with Crippen molar-refractivity contribution in [2.24, 2.45) is 5.73 Å². The first-order valence-corrected chi connectivity index (χ1v) is 5.71. The van der Waals surface area contributed by atoms with Crippen LogP contribution in [-0.2, 0) is 0 Å². The zero-order valence-electron chi connectivity index (χ0n) is 10.1. The van der Waals surface area contributed by atoms with Crippen LogP contribution >= 0.6 is 0 Å². The summed E-state index contributed by atoms with van der Waals surface area (Å²) in [6.07, 6.45) is -3.79. The third-order valence-electron chi connectivity index (χ3n) is 2.45. The first-order valence-electron chi connectivity index (χ1n) is 5.71. The molecule has 102 valence electrons. The first kappa shape index (κ1) is 14.8. The maximum atomic E-state index is 12.0. The van der Waals surface area contributed by atoms with Crippen molar-refractivity contribution >= 4 is 0 Å². The third-order valence-corrected chi connectivity index (χ3v) is 2.45. The molecule has 0 saturated heterocycles. The molecule has 0 bridgehead atoms. The van der Waals surface area contributed by atoms with E-state index in [4.69, 9.17) is 5.73 Å². The van der Waals surface area contributed by atoms with Crippen molar-refractivity contribution in [3.05, 3.63) is 29.8 Å². The second kappa shape index (κ2) is 6.61. The highest BCUT2D eigenvalue weighted by Gasteiger charge is 2.30. The number of hydrogen-bond acceptors (Lipinski definition) is 3. The molecule has 18 heavy (non-hydrogen) atoms. The Bertz CT molecular complexity index is 351. The van der Waals surface area contributed by atoms with Crippen LogP contribution in [0.4, 0.5) is 13.2 Å². The lowest BCUT2D eigenvalue weighted by Crippen LogP contribution is -2.22. The summed E-state index contributed by atoms with van der Waals surface area (Å²) in [5, 5.41) is 3.22. The standard InChI is InChI=1S/C12H17F3N2O/c1-9(17-8-2-7-16)10-3-5-11(6-4-10)18-12(13,14)15/h3-6,9,17H,2,7-8,16H2,1H3. The summed E-state index contributed by atoms with van der Waals surface area (Å²) < 4.78 is 39.7. The van der Waals surface area contributed by atoms with E-state index < -0.39 is 6.36 Å². The van der Waals surface area contributed by atoms with Crippen molar-refractivity contribution in [3.8, 4) is 5.75 Å². The molecule has 6 heteroatoms. The van der Waals surface area contributed by atoms with Gasteiger partial charge in [0.15, 0.2) is 0 Å². The number of alkyl halides is 3. The number of ether oxygens (including phenoxy) is 1. The Kier molecular flexibility index (Phi) is 5.43. The van der Waals surface area contributed by atoms with E-state index in [0.29, 0.717) is 6.54 Å². The van der Waals surface area contributed by atoms with Gasteiger partial charge in [0.05, 0.1) is 0 Å². The third kappa shape index (κ3) is 5.37. The lowest BCUT2D eigenvalue weighted by Gasteiger charge is -2.15. The van der Waals surface area contributed by atoms with E-state index >= 15 is 0 Å². The number of hydrogen-bond donors (Lipinski definition) is 2. The van der Waals surface area contributed by atoms with Gasteiger partial charge in [-0.25, -0.2) is 0 Å². The van der Waals surface area contributed by atoms with Crippen LogP contribution in [0, 0.1) is 0 Å². The van der Waals surface area contributed by atoms with E-state index in [9.17, 15) is 13.2 Å². The smallest absolute Gasteiger partial charge is 0.406 e. The van der Waals surface area contributed by atoms with Gasteiger partial charge in [0.1, 0.15) is 5.75 Å². The predicted molar refractivity (Wildman–Crippen MR) is 63.2 cm³/mol. The summed E-state index contributed by atoms with van der Waals surface area (Å²) in [4.78, 5) is 0. The number of nitrogens with one attached hydrogen (secondary N) is 1. The van der Waals surface area contributed by atoms with Gasteiger partial charge in [-0.3, -0.25) is 0 Å². The Labute approximate surface area is 104 Å². The van der Waals surface area contributed by atoms with Gasteiger partial charge >= 0.3 is 6.36 Å². The predicted octanol–water partition coefficient (Wildman–Crippen LogP) is 2.58. The molecule has 1 rings (SSSR count). The van der Waals surface area contributed by atoms with E-state index in [1.807, 2.05) is 6.92 Å². The Morgan fingerprint density at radius 1 is 1.28 bits per heavy atom. The molecule has 0 saturated carbocycles. The van der Waals surface area contributed by atoms with Gasteiger partial charge in [-0.1, -0.05) is 12.1 Å². The molecule has 0 spiro atoms. The summed E-state index contributed by atoms with van der Waals surface area (Å²) in [7, 11) is 0. The Morgan fingerprint density at radius 3 is 2.39 bits per heavy atom. The van der Waals surface area contributed by atoms with Crippen molar-refractivity contribution < 1.29 is 17.9 Å². The molecule has 1 atom stereocenters. The van der Waals surface area contributed by atoms with Crippen LogP contribution in [0.5, 0.6) is 5.75 Å². The highest BCUT2D eigenvalue weighted by molar-refractivity contribution is 5.29. The molecule has 1 aromatic rings. The topological polar surface area (TPSA) is 47.3 Å². The summed E-state index contributed by atoms with van der Waals surface area (Å²) in [6.45, 7) is 3.33. The number of benzene rings is 1. The van der Waals surface area contributed by atoms with Crippen LogP contribution in [0.2, 0.25) is 0 Å². The lowest BCUT2D eigenvalue weighted by molar-refractivity contribution is -0.274. The lowest BCUT2D eigenvalue weighted by atomic mass is 10.1. The van der Waals surface area contributed by atoms with Gasteiger partial charge in [0, 0.05) is 6.04 Å². The van der Waals surface area contributed by atoms with E-state index in [2.05, 4.69) is 10.1 Å². The minimum atomic E-state index is -4.65. The molecule has 0 fully saturated rings. The van der Waals surface area contributed by atoms with Crippen LogP contribution in [0.25, 0.3) is 0 Å². The van der Waals surface area contributed by atoms with Gasteiger partial charge in [-0.05, 0) is 44.1 Å². The second-order valence-corrected chi connectivity index (χ2v) is 3.93. The summed E-state index contributed by atoms with van der Waals surface area (Å²) in [5.41, 5.74) is 6.27. The van der Waals surface area contributed by atoms with Crippen molar-refractivity contribution in [3.63, 3.8) is 0 Å². The maximum Gasteiger partial charge on any atom is 0.573 e. The van der Waals surface area contributed by atoms with Gasteiger partial charge in [0.25, 0.3) is 0 Å². The van der Waals surface area contributed by atoms with E-state index in [0.717, 1.165) is 18.5 Å². The molecule has 1 aromatic carbocycles. The molecular weight excluding hydrogens is 245 g/mol. The van der Waals surface area contributed by atoms with E-state index in [1.165, 1.54) is 12.1 Å². The minimum absolute atomic E-state index is 0.0662. The fraction of sp³-hybridized carbons (Fsp3) is 0.500. The largest absolute Gasteiger partial charge is 0.573 e. The van der Waals surface area contributed by atoms with Crippen LogP contribution in [0.15, 0.2) is 24.3 Å². The number of nitrogens with two attached hydrogens (primary N) is 1. The fourth-order valence-corrected chi connectivity index (χ4v) is 1.50. The van der Waals surface area contributed by atoms with Crippen molar-refractivity contribution in [1.82, 2.24) is 5.32 Å². The normalized spacial score (nSPS) is 13.4. The van der Waals surface area contributed by atoms with Gasteiger partial charge in [-0.2, -0.15) is 0 Å². The Balaban J connectivity index is 2.54. The monoisotopic (exact) mass is 262 g/mol. The highest BCUT2D eigenvalue weighted by Crippen LogP contribution is 2.24. The molecule has 0 radical (unpaired) electrons. The second-order valence-electron chi connectivity index (χ2n) is 3.93. The molecule has 0 aliphatic rings. The van der Waals surface area contributed by atoms with Gasteiger partial charge in [-0.15, -0.1) is 13.2 Å². The molecule has 0 amide bonds. The number of rotatable bonds is 6. The Hall–Kier alpha value is -1.27. The molecule has 0 aliphatic carbocycles. The minimum Gasteiger partial charge on any atom is -0.406 e.